The van der Waals surface area contributed by atoms with Gasteiger partial charge in [-0.05, 0) is 56.9 Å². The lowest BCUT2D eigenvalue weighted by Gasteiger charge is -2.31. The highest BCUT2D eigenvalue weighted by Crippen LogP contribution is 2.20. The molecule has 2 heterocycles. The van der Waals surface area contributed by atoms with Crippen molar-refractivity contribution in [2.24, 2.45) is 11.7 Å². The molecular formula is C19H29N5O. The van der Waals surface area contributed by atoms with Crippen molar-refractivity contribution < 1.29 is 5.11 Å². The standard InChI is InChI=1S/C19H29N5O/c20-9-8-18-22-17-7-2-1-6-16(17)19(23-18)21-10-4-12-24-11-3-5-15(13-24)14-25/h1-2,6-7,15,25H,3-5,8-14,20H2,(H,21,22,23). The molecule has 0 saturated carbocycles. The Bertz CT molecular complexity index is 678. The number of nitrogens with zero attached hydrogens (tertiary/aromatic N) is 3. The van der Waals surface area contributed by atoms with E-state index in [0.717, 1.165) is 61.6 Å². The zero-order chi connectivity index (χ0) is 17.5. The monoisotopic (exact) mass is 343 g/mol. The summed E-state index contributed by atoms with van der Waals surface area (Å²) in [7, 11) is 0. The Morgan fingerprint density at radius 2 is 2.16 bits per heavy atom. The zero-order valence-electron chi connectivity index (χ0n) is 14.8. The third-order valence-corrected chi connectivity index (χ3v) is 4.82. The second-order valence-corrected chi connectivity index (χ2v) is 6.82. The molecule has 6 nitrogen and oxygen atoms in total. The number of benzene rings is 1. The third-order valence-electron chi connectivity index (χ3n) is 4.82. The van der Waals surface area contributed by atoms with Crippen molar-refractivity contribution in [1.29, 1.82) is 0 Å². The summed E-state index contributed by atoms with van der Waals surface area (Å²) in [6, 6.07) is 8.09. The summed E-state index contributed by atoms with van der Waals surface area (Å²) in [4.78, 5) is 11.7. The van der Waals surface area contributed by atoms with E-state index in [1.807, 2.05) is 18.2 Å². The van der Waals surface area contributed by atoms with Gasteiger partial charge in [0.05, 0.1) is 5.52 Å². The maximum absolute atomic E-state index is 9.34. The lowest BCUT2D eigenvalue weighted by molar-refractivity contribution is 0.120. The first-order valence-electron chi connectivity index (χ1n) is 9.33. The van der Waals surface area contributed by atoms with Gasteiger partial charge in [-0.3, -0.25) is 0 Å². The van der Waals surface area contributed by atoms with Crippen LogP contribution in [0.4, 0.5) is 5.82 Å². The van der Waals surface area contributed by atoms with Crippen LogP contribution in [0, 0.1) is 5.92 Å². The normalized spacial score (nSPS) is 18.6. The number of aliphatic hydroxyl groups is 1. The summed E-state index contributed by atoms with van der Waals surface area (Å²) in [5, 5.41) is 13.9. The van der Waals surface area contributed by atoms with Gasteiger partial charge in [-0.15, -0.1) is 0 Å². The van der Waals surface area contributed by atoms with Crippen molar-refractivity contribution in [3.63, 3.8) is 0 Å². The van der Waals surface area contributed by atoms with E-state index < -0.39 is 0 Å². The highest BCUT2D eigenvalue weighted by molar-refractivity contribution is 5.88. The van der Waals surface area contributed by atoms with Gasteiger partial charge in [-0.25, -0.2) is 9.97 Å². The van der Waals surface area contributed by atoms with Gasteiger partial charge in [0.25, 0.3) is 0 Å². The van der Waals surface area contributed by atoms with Gasteiger partial charge in [-0.2, -0.15) is 0 Å². The van der Waals surface area contributed by atoms with E-state index in [0.29, 0.717) is 25.5 Å². The lowest BCUT2D eigenvalue weighted by atomic mass is 9.99. The van der Waals surface area contributed by atoms with E-state index in [4.69, 9.17) is 5.73 Å². The molecular weight excluding hydrogens is 314 g/mol. The third kappa shape index (κ3) is 4.87. The van der Waals surface area contributed by atoms with Crippen molar-refractivity contribution in [3.8, 4) is 0 Å². The van der Waals surface area contributed by atoms with Crippen LogP contribution in [0.2, 0.25) is 0 Å². The van der Waals surface area contributed by atoms with Crippen LogP contribution in [-0.2, 0) is 6.42 Å². The van der Waals surface area contributed by atoms with Crippen LogP contribution >= 0.6 is 0 Å². The maximum Gasteiger partial charge on any atom is 0.137 e. The molecule has 1 fully saturated rings. The predicted molar refractivity (Wildman–Crippen MR) is 102 cm³/mol. The highest BCUT2D eigenvalue weighted by Gasteiger charge is 2.18. The van der Waals surface area contributed by atoms with Crippen LogP contribution in [0.15, 0.2) is 24.3 Å². The summed E-state index contributed by atoms with van der Waals surface area (Å²) < 4.78 is 0. The minimum Gasteiger partial charge on any atom is -0.396 e. The maximum atomic E-state index is 9.34. The number of nitrogens with one attached hydrogen (secondary N) is 1. The molecule has 1 atom stereocenters. The first-order valence-corrected chi connectivity index (χ1v) is 9.33. The quantitative estimate of drug-likeness (QED) is 0.632. The summed E-state index contributed by atoms with van der Waals surface area (Å²) in [5.74, 6) is 2.15. The van der Waals surface area contributed by atoms with Crippen LogP contribution in [0.5, 0.6) is 0 Å². The molecule has 0 radical (unpaired) electrons. The fraction of sp³-hybridized carbons (Fsp3) is 0.579. The molecule has 0 spiro atoms. The minimum atomic E-state index is 0.311. The molecule has 3 rings (SSSR count). The number of piperidine rings is 1. The zero-order valence-corrected chi connectivity index (χ0v) is 14.8. The van der Waals surface area contributed by atoms with Gasteiger partial charge in [0.1, 0.15) is 11.6 Å². The number of rotatable bonds is 8. The van der Waals surface area contributed by atoms with Gasteiger partial charge < -0.3 is 21.1 Å². The van der Waals surface area contributed by atoms with Crippen molar-refractivity contribution in [2.75, 3.05) is 44.6 Å². The van der Waals surface area contributed by atoms with Gasteiger partial charge in [0, 0.05) is 31.5 Å². The number of para-hydroxylation sites is 1. The van der Waals surface area contributed by atoms with E-state index in [1.54, 1.807) is 0 Å². The molecule has 1 unspecified atom stereocenters. The molecule has 1 aliphatic heterocycles. The smallest absolute Gasteiger partial charge is 0.137 e. The molecule has 1 aromatic heterocycles. The number of aliphatic hydroxyl groups excluding tert-OH is 1. The lowest BCUT2D eigenvalue weighted by Crippen LogP contribution is -2.37. The van der Waals surface area contributed by atoms with Crippen LogP contribution < -0.4 is 11.1 Å². The Labute approximate surface area is 149 Å². The van der Waals surface area contributed by atoms with Gasteiger partial charge in [0.15, 0.2) is 0 Å². The molecule has 4 N–H and O–H groups in total. The Hall–Kier alpha value is -1.76. The molecule has 2 aromatic rings. The van der Waals surface area contributed by atoms with Gasteiger partial charge in [0.2, 0.25) is 0 Å². The molecule has 136 valence electrons. The fourth-order valence-corrected chi connectivity index (χ4v) is 3.51. The predicted octanol–water partition coefficient (Wildman–Crippen LogP) is 1.64. The average molecular weight is 343 g/mol. The number of nitrogens with two attached hydrogens (primary N) is 1. The number of aromatic nitrogens is 2. The molecule has 1 saturated heterocycles. The van der Waals surface area contributed by atoms with Crippen LogP contribution in [0.25, 0.3) is 10.9 Å². The Morgan fingerprint density at radius 3 is 3.00 bits per heavy atom. The first kappa shape index (κ1) is 18.0. The van der Waals surface area contributed by atoms with Crippen molar-refractivity contribution in [1.82, 2.24) is 14.9 Å². The molecule has 0 bridgehead atoms. The van der Waals surface area contributed by atoms with Gasteiger partial charge >= 0.3 is 0 Å². The summed E-state index contributed by atoms with van der Waals surface area (Å²) in [5.41, 5.74) is 6.62. The van der Waals surface area contributed by atoms with E-state index >= 15 is 0 Å². The summed E-state index contributed by atoms with van der Waals surface area (Å²) in [6.45, 7) is 4.97. The van der Waals surface area contributed by atoms with Crippen LogP contribution in [0.1, 0.15) is 25.1 Å². The van der Waals surface area contributed by atoms with Crippen molar-refractivity contribution in [3.05, 3.63) is 30.1 Å². The molecule has 1 aromatic carbocycles. The Morgan fingerprint density at radius 1 is 1.28 bits per heavy atom. The van der Waals surface area contributed by atoms with Crippen molar-refractivity contribution >= 4 is 16.7 Å². The second kappa shape index (κ2) is 9.08. The number of hydrogen-bond donors (Lipinski definition) is 3. The first-order chi connectivity index (χ1) is 12.3. The molecule has 1 aliphatic rings. The number of likely N-dealkylation sites (tertiary alicyclic amines) is 1. The van der Waals surface area contributed by atoms with E-state index in [1.165, 1.54) is 6.42 Å². The highest BCUT2D eigenvalue weighted by atomic mass is 16.3. The summed E-state index contributed by atoms with van der Waals surface area (Å²) >= 11 is 0. The number of anilines is 1. The Kier molecular flexibility index (Phi) is 6.55. The average Bonchev–Trinajstić information content (AvgIpc) is 2.65. The van der Waals surface area contributed by atoms with Crippen LogP contribution in [0.3, 0.4) is 0 Å². The van der Waals surface area contributed by atoms with E-state index in [2.05, 4.69) is 26.3 Å². The van der Waals surface area contributed by atoms with E-state index in [9.17, 15) is 5.11 Å². The van der Waals surface area contributed by atoms with E-state index in [-0.39, 0.29) is 0 Å². The van der Waals surface area contributed by atoms with Crippen molar-refractivity contribution in [2.45, 2.75) is 25.7 Å². The molecule has 25 heavy (non-hydrogen) atoms. The number of hydrogen-bond acceptors (Lipinski definition) is 6. The number of fused-ring (bicyclic) bond motifs is 1. The van der Waals surface area contributed by atoms with Crippen LogP contribution in [-0.4, -0.2) is 59.3 Å². The SMILES string of the molecule is NCCc1nc(NCCCN2CCCC(CO)C2)c2ccccc2n1. The Balaban J connectivity index is 1.57. The molecule has 6 heteroatoms. The largest absolute Gasteiger partial charge is 0.396 e. The summed E-state index contributed by atoms with van der Waals surface area (Å²) in [6.07, 6.45) is 4.10. The molecule has 0 amide bonds. The fourth-order valence-electron chi connectivity index (χ4n) is 3.51. The van der Waals surface area contributed by atoms with Gasteiger partial charge in [-0.1, -0.05) is 12.1 Å². The minimum absolute atomic E-state index is 0.311. The molecule has 0 aliphatic carbocycles. The topological polar surface area (TPSA) is 87.3 Å². The second-order valence-electron chi connectivity index (χ2n) is 6.82.